The number of methoxy groups -OCH3 is 2. The van der Waals surface area contributed by atoms with E-state index in [0.717, 1.165) is 5.56 Å². The van der Waals surface area contributed by atoms with Crippen molar-refractivity contribution < 1.29 is 28.6 Å². The predicted molar refractivity (Wildman–Crippen MR) is 95.3 cm³/mol. The van der Waals surface area contributed by atoms with E-state index in [1.165, 1.54) is 0 Å². The lowest BCUT2D eigenvalue weighted by Crippen LogP contribution is -2.28. The molecule has 0 saturated carbocycles. The van der Waals surface area contributed by atoms with Gasteiger partial charge in [0, 0.05) is 6.42 Å². The Balaban J connectivity index is 1.91. The van der Waals surface area contributed by atoms with Crippen molar-refractivity contribution in [2.24, 2.45) is 11.8 Å². The van der Waals surface area contributed by atoms with Crippen LogP contribution >= 0.6 is 0 Å². The Morgan fingerprint density at radius 2 is 1.85 bits per heavy atom. The van der Waals surface area contributed by atoms with Gasteiger partial charge in [-0.3, -0.25) is 14.4 Å². The van der Waals surface area contributed by atoms with Gasteiger partial charge in [0.05, 0.1) is 14.2 Å². The van der Waals surface area contributed by atoms with E-state index in [9.17, 15) is 14.4 Å². The van der Waals surface area contributed by atoms with Crippen LogP contribution in [-0.4, -0.2) is 37.9 Å². The molecule has 142 valence electrons. The summed E-state index contributed by atoms with van der Waals surface area (Å²) in [5.41, 5.74) is 0.994. The van der Waals surface area contributed by atoms with E-state index in [-0.39, 0.29) is 23.9 Å². The molecule has 6 nitrogen and oxygen atoms in total. The molecule has 1 aromatic rings. The maximum atomic E-state index is 12.3. The zero-order valence-electron chi connectivity index (χ0n) is 15.7. The molecule has 0 aliphatic carbocycles. The number of benzene rings is 1. The first-order chi connectivity index (χ1) is 12.4. The van der Waals surface area contributed by atoms with Crippen LogP contribution in [0.25, 0.3) is 0 Å². The average molecular weight is 362 g/mol. The third-order valence-electron chi connectivity index (χ3n) is 4.44. The molecule has 2 rings (SSSR count). The highest BCUT2D eigenvalue weighted by Gasteiger charge is 2.47. The van der Waals surface area contributed by atoms with Gasteiger partial charge < -0.3 is 14.2 Å². The first-order valence-electron chi connectivity index (χ1n) is 8.85. The van der Waals surface area contributed by atoms with Crippen molar-refractivity contribution >= 4 is 17.5 Å². The smallest absolute Gasteiger partial charge is 0.325 e. The van der Waals surface area contributed by atoms with Gasteiger partial charge in [-0.05, 0) is 42.9 Å². The molecule has 1 aliphatic rings. The second-order valence-electron chi connectivity index (χ2n) is 6.90. The topological polar surface area (TPSA) is 78.9 Å². The molecule has 2 atom stereocenters. The minimum Gasteiger partial charge on any atom is -0.493 e. The predicted octanol–water partition coefficient (Wildman–Crippen LogP) is 2.75. The highest BCUT2D eigenvalue weighted by atomic mass is 16.6. The SMILES string of the molecule is COc1ccc(CCCC(=O)C2C(=O)OC(CC(C)C)C2=O)cc1OC. The fourth-order valence-electron chi connectivity index (χ4n) is 3.10. The van der Waals surface area contributed by atoms with E-state index in [2.05, 4.69) is 0 Å². The fourth-order valence-corrected chi connectivity index (χ4v) is 3.10. The fraction of sp³-hybridized carbons (Fsp3) is 0.550. The van der Waals surface area contributed by atoms with Gasteiger partial charge in [-0.25, -0.2) is 0 Å². The van der Waals surface area contributed by atoms with Crippen LogP contribution in [0.3, 0.4) is 0 Å². The number of carbonyl (C=O) groups is 3. The van der Waals surface area contributed by atoms with Gasteiger partial charge in [-0.1, -0.05) is 19.9 Å². The number of aryl methyl sites for hydroxylation is 1. The maximum Gasteiger partial charge on any atom is 0.325 e. The van der Waals surface area contributed by atoms with Gasteiger partial charge in [-0.2, -0.15) is 0 Å². The van der Waals surface area contributed by atoms with Crippen molar-refractivity contribution in [3.05, 3.63) is 23.8 Å². The molecule has 1 heterocycles. The van der Waals surface area contributed by atoms with Crippen molar-refractivity contribution in [1.82, 2.24) is 0 Å². The van der Waals surface area contributed by atoms with E-state index in [1.807, 2.05) is 32.0 Å². The van der Waals surface area contributed by atoms with Crippen molar-refractivity contribution in [3.8, 4) is 11.5 Å². The summed E-state index contributed by atoms with van der Waals surface area (Å²) in [5.74, 6) is -1.20. The van der Waals surface area contributed by atoms with Gasteiger partial charge in [0.15, 0.2) is 35.1 Å². The molecule has 6 heteroatoms. The second-order valence-corrected chi connectivity index (χ2v) is 6.90. The maximum absolute atomic E-state index is 12.3. The Hall–Kier alpha value is -2.37. The van der Waals surface area contributed by atoms with Crippen molar-refractivity contribution in [3.63, 3.8) is 0 Å². The monoisotopic (exact) mass is 362 g/mol. The standard InChI is InChI=1S/C20H26O6/c1-12(2)10-17-19(22)18(20(23)26-17)14(21)7-5-6-13-8-9-15(24-3)16(11-13)25-4/h8-9,11-12,17-18H,5-7,10H2,1-4H3. The van der Waals surface area contributed by atoms with Crippen molar-refractivity contribution in [1.29, 1.82) is 0 Å². The lowest BCUT2D eigenvalue weighted by molar-refractivity contribution is -0.147. The highest BCUT2D eigenvalue weighted by molar-refractivity contribution is 6.21. The summed E-state index contributed by atoms with van der Waals surface area (Å²) in [7, 11) is 3.14. The molecule has 0 N–H and O–H groups in total. The molecule has 0 spiro atoms. The minimum atomic E-state index is -1.25. The summed E-state index contributed by atoms with van der Waals surface area (Å²) in [5, 5.41) is 0. The van der Waals surface area contributed by atoms with Gasteiger partial charge in [0.1, 0.15) is 0 Å². The number of ether oxygens (including phenoxy) is 3. The van der Waals surface area contributed by atoms with E-state index in [1.54, 1.807) is 14.2 Å². The summed E-state index contributed by atoms with van der Waals surface area (Å²) in [4.78, 5) is 36.5. The minimum absolute atomic E-state index is 0.161. The number of carbonyl (C=O) groups excluding carboxylic acids is 3. The molecule has 1 aliphatic heterocycles. The summed E-state index contributed by atoms with van der Waals surface area (Å²) < 4.78 is 15.6. The highest BCUT2D eigenvalue weighted by Crippen LogP contribution is 2.29. The number of rotatable bonds is 9. The average Bonchev–Trinajstić information content (AvgIpc) is 2.87. The molecule has 0 radical (unpaired) electrons. The third-order valence-corrected chi connectivity index (χ3v) is 4.44. The van der Waals surface area contributed by atoms with Crippen LogP contribution in [0.2, 0.25) is 0 Å². The van der Waals surface area contributed by atoms with Crippen LogP contribution in [-0.2, 0) is 25.5 Å². The Bertz CT molecular complexity index is 679. The first-order valence-corrected chi connectivity index (χ1v) is 8.85. The van der Waals surface area contributed by atoms with E-state index in [0.29, 0.717) is 30.8 Å². The lowest BCUT2D eigenvalue weighted by Gasteiger charge is -2.10. The summed E-state index contributed by atoms with van der Waals surface area (Å²) in [6, 6.07) is 5.57. The van der Waals surface area contributed by atoms with Crippen LogP contribution < -0.4 is 9.47 Å². The van der Waals surface area contributed by atoms with Crippen LogP contribution in [0.4, 0.5) is 0 Å². The van der Waals surface area contributed by atoms with Crippen LogP contribution in [0.15, 0.2) is 18.2 Å². The van der Waals surface area contributed by atoms with E-state index in [4.69, 9.17) is 14.2 Å². The molecule has 1 fully saturated rings. The molecule has 1 aromatic carbocycles. The van der Waals surface area contributed by atoms with Gasteiger partial charge >= 0.3 is 5.97 Å². The Morgan fingerprint density at radius 3 is 2.46 bits per heavy atom. The number of esters is 1. The Kier molecular flexibility index (Phi) is 6.77. The van der Waals surface area contributed by atoms with Gasteiger partial charge in [-0.15, -0.1) is 0 Å². The quantitative estimate of drug-likeness (QED) is 0.496. The number of cyclic esters (lactones) is 1. The molecular weight excluding hydrogens is 336 g/mol. The van der Waals surface area contributed by atoms with Crippen molar-refractivity contribution in [2.75, 3.05) is 14.2 Å². The normalized spacial score (nSPS) is 19.6. The molecule has 0 aromatic heterocycles. The van der Waals surface area contributed by atoms with Crippen LogP contribution in [0.5, 0.6) is 11.5 Å². The Labute approximate surface area is 153 Å². The zero-order valence-corrected chi connectivity index (χ0v) is 15.7. The van der Waals surface area contributed by atoms with E-state index >= 15 is 0 Å². The van der Waals surface area contributed by atoms with Crippen molar-refractivity contribution in [2.45, 2.75) is 45.6 Å². The molecule has 26 heavy (non-hydrogen) atoms. The third kappa shape index (κ3) is 4.62. The second kappa shape index (κ2) is 8.83. The van der Waals surface area contributed by atoms with Crippen LogP contribution in [0, 0.1) is 11.8 Å². The van der Waals surface area contributed by atoms with E-state index < -0.39 is 18.0 Å². The molecule has 2 unspecified atom stereocenters. The summed E-state index contributed by atoms with van der Waals surface area (Å²) in [6.45, 7) is 3.89. The largest absolute Gasteiger partial charge is 0.493 e. The van der Waals surface area contributed by atoms with Gasteiger partial charge in [0.25, 0.3) is 0 Å². The summed E-state index contributed by atoms with van der Waals surface area (Å²) in [6.07, 6.45) is 1.02. The number of ketones is 2. The van der Waals surface area contributed by atoms with Crippen LogP contribution in [0.1, 0.15) is 38.7 Å². The molecular formula is C20H26O6. The molecule has 0 bridgehead atoms. The number of hydrogen-bond acceptors (Lipinski definition) is 6. The number of hydrogen-bond donors (Lipinski definition) is 0. The summed E-state index contributed by atoms with van der Waals surface area (Å²) >= 11 is 0. The molecule has 1 saturated heterocycles. The Morgan fingerprint density at radius 1 is 1.15 bits per heavy atom. The van der Waals surface area contributed by atoms with Gasteiger partial charge in [0.2, 0.25) is 0 Å². The first kappa shape index (κ1) is 19.9. The lowest BCUT2D eigenvalue weighted by atomic mass is 9.91. The zero-order chi connectivity index (χ0) is 19.3. The molecule has 0 amide bonds. The number of Topliss-reactive ketones (excluding diaryl/α,β-unsaturated/α-hetero) is 2.